The summed E-state index contributed by atoms with van der Waals surface area (Å²) in [6.45, 7) is 4.48. The number of benzene rings is 1. The Morgan fingerprint density at radius 1 is 1.32 bits per heavy atom. The molecule has 0 saturated carbocycles. The topological polar surface area (TPSA) is 98.7 Å². The summed E-state index contributed by atoms with van der Waals surface area (Å²) < 4.78 is 5.84. The minimum absolute atomic E-state index is 0.458. The highest BCUT2D eigenvalue weighted by Gasteiger charge is 2.11. The van der Waals surface area contributed by atoms with E-state index < -0.39 is 0 Å². The molecule has 2 rings (SSSR count). The molecule has 7 heteroatoms. The number of nitrogens with two attached hydrogens (primary N) is 1. The van der Waals surface area contributed by atoms with Crippen molar-refractivity contribution in [2.45, 2.75) is 25.7 Å². The van der Waals surface area contributed by atoms with Crippen LogP contribution in [-0.2, 0) is 0 Å². The van der Waals surface area contributed by atoms with Gasteiger partial charge in [-0.15, -0.1) is 0 Å². The molecule has 1 fully saturated rings. The highest BCUT2D eigenvalue weighted by atomic mass is 16.5. The van der Waals surface area contributed by atoms with E-state index in [4.69, 9.17) is 15.7 Å². The van der Waals surface area contributed by atoms with Gasteiger partial charge in [0.25, 0.3) is 0 Å². The second kappa shape index (κ2) is 11.2. The van der Waals surface area contributed by atoms with Gasteiger partial charge in [0.05, 0.1) is 6.61 Å². The number of piperidine rings is 1. The van der Waals surface area contributed by atoms with Crippen molar-refractivity contribution in [2.24, 2.45) is 10.7 Å². The number of nitrogens with zero attached hydrogens (tertiary/aromatic N) is 3. The molecule has 4 N–H and O–H groups in total. The Hall–Kier alpha value is -2.46. The Morgan fingerprint density at radius 2 is 2.16 bits per heavy atom. The quantitative estimate of drug-likeness (QED) is 0.217. The van der Waals surface area contributed by atoms with Crippen LogP contribution in [0.1, 0.15) is 25.7 Å². The molecule has 1 saturated heterocycles. The Kier molecular flexibility index (Phi) is 8.42. The third-order valence-corrected chi connectivity index (χ3v) is 3.99. The molecule has 1 aromatic carbocycles. The number of hydrogen-bond donors (Lipinski definition) is 3. The van der Waals surface area contributed by atoms with E-state index in [1.807, 2.05) is 18.3 Å². The Morgan fingerprint density at radius 3 is 2.92 bits per heavy atom. The van der Waals surface area contributed by atoms with Crippen molar-refractivity contribution >= 4 is 11.6 Å². The van der Waals surface area contributed by atoms with Crippen LogP contribution in [0.5, 0.6) is 5.75 Å². The second-order valence-corrected chi connectivity index (χ2v) is 5.93. The number of anilines is 1. The van der Waals surface area contributed by atoms with Crippen LogP contribution in [0.15, 0.2) is 29.3 Å². The summed E-state index contributed by atoms with van der Waals surface area (Å²) in [5.74, 6) is 1.35. The maximum Gasteiger partial charge on any atom is 0.204 e. The zero-order valence-corrected chi connectivity index (χ0v) is 14.7. The van der Waals surface area contributed by atoms with Gasteiger partial charge in [0, 0.05) is 50.9 Å². The number of aliphatic imine (C=N–C) groups is 1. The molecule has 0 aliphatic carbocycles. The number of ether oxygens (including phenoxy) is 1. The van der Waals surface area contributed by atoms with Gasteiger partial charge in [-0.1, -0.05) is 6.07 Å². The zero-order chi connectivity index (χ0) is 17.7. The van der Waals surface area contributed by atoms with E-state index in [0.717, 1.165) is 25.3 Å². The van der Waals surface area contributed by atoms with Gasteiger partial charge in [-0.2, -0.15) is 5.26 Å². The summed E-state index contributed by atoms with van der Waals surface area (Å²) in [7, 11) is 0. The lowest BCUT2D eigenvalue weighted by atomic mass is 10.1. The van der Waals surface area contributed by atoms with Crippen molar-refractivity contribution in [1.29, 1.82) is 5.26 Å². The molecule has 1 aromatic rings. The average molecular weight is 344 g/mol. The van der Waals surface area contributed by atoms with Crippen LogP contribution < -0.4 is 26.0 Å². The fourth-order valence-corrected chi connectivity index (χ4v) is 2.75. The van der Waals surface area contributed by atoms with Gasteiger partial charge < -0.3 is 20.7 Å². The number of guanidine groups is 1. The Bertz CT molecular complexity index is 577. The number of nitrogens with one attached hydrogen (secondary N) is 2. The number of nitriles is 1. The molecule has 0 unspecified atom stereocenters. The third kappa shape index (κ3) is 6.89. The summed E-state index contributed by atoms with van der Waals surface area (Å²) in [4.78, 5) is 6.72. The van der Waals surface area contributed by atoms with E-state index in [-0.39, 0.29) is 0 Å². The van der Waals surface area contributed by atoms with E-state index in [2.05, 4.69) is 32.7 Å². The van der Waals surface area contributed by atoms with Crippen LogP contribution in [0.3, 0.4) is 0 Å². The van der Waals surface area contributed by atoms with Gasteiger partial charge >= 0.3 is 0 Å². The fourth-order valence-electron chi connectivity index (χ4n) is 2.75. The van der Waals surface area contributed by atoms with E-state index in [1.165, 1.54) is 24.9 Å². The SMILES string of the molecule is N#CNC(=NCCCOc1cccc(N2CCCCC2)c1)NCCN. The van der Waals surface area contributed by atoms with Crippen LogP contribution in [0.25, 0.3) is 0 Å². The van der Waals surface area contributed by atoms with Gasteiger partial charge in [0.15, 0.2) is 6.19 Å². The molecule has 0 atom stereocenters. The first-order valence-electron chi connectivity index (χ1n) is 8.95. The predicted molar refractivity (Wildman–Crippen MR) is 101 cm³/mol. The zero-order valence-electron chi connectivity index (χ0n) is 14.7. The number of rotatable bonds is 8. The molecule has 1 aliphatic rings. The van der Waals surface area contributed by atoms with Gasteiger partial charge in [-0.25, -0.2) is 0 Å². The molecular formula is C18H28N6O. The first-order valence-corrected chi connectivity index (χ1v) is 8.95. The summed E-state index contributed by atoms with van der Waals surface area (Å²) in [5, 5.41) is 14.2. The second-order valence-electron chi connectivity index (χ2n) is 5.93. The Balaban J connectivity index is 1.74. The molecule has 0 spiro atoms. The monoisotopic (exact) mass is 344 g/mol. The first kappa shape index (κ1) is 18.9. The van der Waals surface area contributed by atoms with Crippen molar-refractivity contribution in [3.05, 3.63) is 24.3 Å². The molecular weight excluding hydrogens is 316 g/mol. The highest BCUT2D eigenvalue weighted by Crippen LogP contribution is 2.24. The molecule has 1 heterocycles. The normalized spacial score (nSPS) is 14.7. The van der Waals surface area contributed by atoms with Gasteiger partial charge in [0.2, 0.25) is 5.96 Å². The van der Waals surface area contributed by atoms with Crippen LogP contribution in [0, 0.1) is 11.5 Å². The van der Waals surface area contributed by atoms with E-state index in [1.54, 1.807) is 0 Å². The summed E-state index contributed by atoms with van der Waals surface area (Å²) in [6.07, 6.45) is 6.49. The minimum Gasteiger partial charge on any atom is -0.493 e. The molecule has 1 aliphatic heterocycles. The van der Waals surface area contributed by atoms with Crippen LogP contribution in [-0.4, -0.2) is 45.3 Å². The van der Waals surface area contributed by atoms with Gasteiger partial charge in [0.1, 0.15) is 5.75 Å². The van der Waals surface area contributed by atoms with Gasteiger partial charge in [-0.05, 0) is 31.4 Å². The molecule has 0 aromatic heterocycles. The van der Waals surface area contributed by atoms with Crippen molar-refractivity contribution in [2.75, 3.05) is 44.2 Å². The van der Waals surface area contributed by atoms with Crippen LogP contribution in [0.2, 0.25) is 0 Å². The van der Waals surface area contributed by atoms with Crippen molar-refractivity contribution in [3.8, 4) is 11.9 Å². The summed E-state index contributed by atoms with van der Waals surface area (Å²) >= 11 is 0. The van der Waals surface area contributed by atoms with Crippen LogP contribution in [0.4, 0.5) is 5.69 Å². The molecule has 0 radical (unpaired) electrons. The fraction of sp³-hybridized carbons (Fsp3) is 0.556. The average Bonchev–Trinajstić information content (AvgIpc) is 2.66. The predicted octanol–water partition coefficient (Wildman–Crippen LogP) is 1.42. The van der Waals surface area contributed by atoms with Crippen molar-refractivity contribution in [3.63, 3.8) is 0 Å². The lowest BCUT2D eigenvalue weighted by molar-refractivity contribution is 0.313. The maximum atomic E-state index is 8.68. The van der Waals surface area contributed by atoms with Gasteiger partial charge in [-0.3, -0.25) is 10.3 Å². The van der Waals surface area contributed by atoms with E-state index in [0.29, 0.717) is 32.2 Å². The largest absolute Gasteiger partial charge is 0.493 e. The standard InChI is InChI=1S/C18H28N6O/c19-8-10-22-18(23-15-20)21-9-5-13-25-17-7-4-6-16(14-17)24-11-2-1-3-12-24/h4,6-7,14H,1-3,5,8-13,19H2,(H2,21,22,23). The Labute approximate surface area is 149 Å². The maximum absolute atomic E-state index is 8.68. The molecule has 136 valence electrons. The molecule has 25 heavy (non-hydrogen) atoms. The number of hydrogen-bond acceptors (Lipinski definition) is 5. The smallest absolute Gasteiger partial charge is 0.204 e. The lowest BCUT2D eigenvalue weighted by Crippen LogP contribution is -2.37. The molecule has 7 nitrogen and oxygen atoms in total. The first-order chi connectivity index (χ1) is 12.3. The summed E-state index contributed by atoms with van der Waals surface area (Å²) in [6, 6.07) is 8.29. The molecule has 0 bridgehead atoms. The van der Waals surface area contributed by atoms with Crippen molar-refractivity contribution in [1.82, 2.24) is 10.6 Å². The van der Waals surface area contributed by atoms with E-state index >= 15 is 0 Å². The summed E-state index contributed by atoms with van der Waals surface area (Å²) in [5.41, 5.74) is 6.67. The highest BCUT2D eigenvalue weighted by molar-refractivity contribution is 5.81. The van der Waals surface area contributed by atoms with Crippen LogP contribution >= 0.6 is 0 Å². The lowest BCUT2D eigenvalue weighted by Gasteiger charge is -2.29. The minimum atomic E-state index is 0.458. The van der Waals surface area contributed by atoms with Crippen molar-refractivity contribution < 1.29 is 4.74 Å². The molecule has 0 amide bonds. The third-order valence-electron chi connectivity index (χ3n) is 3.99. The van der Waals surface area contributed by atoms with E-state index in [9.17, 15) is 0 Å².